The second kappa shape index (κ2) is 5.31. The summed E-state index contributed by atoms with van der Waals surface area (Å²) >= 11 is 0. The molecule has 2 aromatic rings. The SMILES string of the molecule is Cc1cc(CNCc2cc(C)n(C)n2)cnc1C. The van der Waals surface area contributed by atoms with E-state index in [1.54, 1.807) is 0 Å². The fourth-order valence-electron chi connectivity index (χ4n) is 1.85. The molecule has 0 bridgehead atoms. The van der Waals surface area contributed by atoms with Crippen molar-refractivity contribution in [3.05, 3.63) is 46.5 Å². The van der Waals surface area contributed by atoms with Crippen LogP contribution >= 0.6 is 0 Å². The molecule has 0 aliphatic rings. The summed E-state index contributed by atoms with van der Waals surface area (Å²) in [7, 11) is 1.96. The lowest BCUT2D eigenvalue weighted by atomic mass is 10.1. The van der Waals surface area contributed by atoms with Crippen molar-refractivity contribution in [1.82, 2.24) is 20.1 Å². The summed E-state index contributed by atoms with van der Waals surface area (Å²) in [6.07, 6.45) is 1.93. The number of aromatic nitrogens is 3. The van der Waals surface area contributed by atoms with Gasteiger partial charge in [0, 0.05) is 37.7 Å². The van der Waals surface area contributed by atoms with E-state index in [4.69, 9.17) is 0 Å². The summed E-state index contributed by atoms with van der Waals surface area (Å²) in [4.78, 5) is 4.36. The molecule has 0 saturated heterocycles. The largest absolute Gasteiger partial charge is 0.307 e. The number of pyridine rings is 1. The van der Waals surface area contributed by atoms with E-state index in [-0.39, 0.29) is 0 Å². The van der Waals surface area contributed by atoms with E-state index in [9.17, 15) is 0 Å². The fraction of sp³-hybridized carbons (Fsp3) is 0.429. The Hall–Kier alpha value is -1.68. The Bertz CT molecular complexity index is 523. The second-order valence-electron chi connectivity index (χ2n) is 4.75. The van der Waals surface area contributed by atoms with Gasteiger partial charge in [-0.15, -0.1) is 0 Å². The van der Waals surface area contributed by atoms with Gasteiger partial charge < -0.3 is 5.32 Å². The van der Waals surface area contributed by atoms with E-state index in [0.29, 0.717) is 0 Å². The molecule has 96 valence electrons. The Balaban J connectivity index is 1.90. The molecule has 0 aliphatic carbocycles. The van der Waals surface area contributed by atoms with Crippen LogP contribution in [0.4, 0.5) is 0 Å². The summed E-state index contributed by atoms with van der Waals surface area (Å²) < 4.78 is 1.90. The van der Waals surface area contributed by atoms with Gasteiger partial charge in [0.15, 0.2) is 0 Å². The van der Waals surface area contributed by atoms with Crippen molar-refractivity contribution in [2.24, 2.45) is 7.05 Å². The lowest BCUT2D eigenvalue weighted by molar-refractivity contribution is 0.651. The van der Waals surface area contributed by atoms with E-state index >= 15 is 0 Å². The van der Waals surface area contributed by atoms with Crippen molar-refractivity contribution in [3.8, 4) is 0 Å². The Morgan fingerprint density at radius 3 is 2.56 bits per heavy atom. The van der Waals surface area contributed by atoms with Crippen molar-refractivity contribution >= 4 is 0 Å². The van der Waals surface area contributed by atoms with Gasteiger partial charge in [-0.05, 0) is 38.0 Å². The van der Waals surface area contributed by atoms with E-state index in [1.807, 2.05) is 24.9 Å². The molecule has 0 aromatic carbocycles. The summed E-state index contributed by atoms with van der Waals surface area (Å²) in [5.74, 6) is 0. The predicted molar refractivity (Wildman–Crippen MR) is 72.2 cm³/mol. The number of hydrogen-bond acceptors (Lipinski definition) is 3. The zero-order chi connectivity index (χ0) is 13.1. The van der Waals surface area contributed by atoms with Crippen LogP contribution in [0.1, 0.15) is 28.2 Å². The predicted octanol–water partition coefficient (Wildman–Crippen LogP) is 2.03. The standard InChI is InChI=1S/C14H20N4/c1-10-5-13(8-16-12(10)3)7-15-9-14-6-11(2)18(4)17-14/h5-6,8,15H,7,9H2,1-4H3. The maximum atomic E-state index is 4.41. The lowest BCUT2D eigenvalue weighted by Crippen LogP contribution is -2.13. The molecule has 0 radical (unpaired) electrons. The van der Waals surface area contributed by atoms with Gasteiger partial charge in [-0.25, -0.2) is 0 Å². The average molecular weight is 244 g/mol. The van der Waals surface area contributed by atoms with Crippen LogP contribution in [0, 0.1) is 20.8 Å². The molecule has 1 N–H and O–H groups in total. The summed E-state index contributed by atoms with van der Waals surface area (Å²) in [5.41, 5.74) is 5.80. The first-order valence-electron chi connectivity index (χ1n) is 6.18. The van der Waals surface area contributed by atoms with Crippen molar-refractivity contribution in [2.75, 3.05) is 0 Å². The monoisotopic (exact) mass is 244 g/mol. The maximum Gasteiger partial charge on any atom is 0.0765 e. The highest BCUT2D eigenvalue weighted by atomic mass is 15.3. The van der Waals surface area contributed by atoms with Crippen LogP contribution in [0.2, 0.25) is 0 Å². The number of aryl methyl sites for hydroxylation is 4. The van der Waals surface area contributed by atoms with E-state index in [2.05, 4.69) is 41.4 Å². The third-order valence-electron chi connectivity index (χ3n) is 3.20. The normalized spacial score (nSPS) is 10.9. The Labute approximate surface area is 108 Å². The molecule has 0 amide bonds. The van der Waals surface area contributed by atoms with Gasteiger partial charge in [0.25, 0.3) is 0 Å². The van der Waals surface area contributed by atoms with Crippen molar-refractivity contribution in [2.45, 2.75) is 33.9 Å². The quantitative estimate of drug-likeness (QED) is 0.895. The van der Waals surface area contributed by atoms with Crippen molar-refractivity contribution in [1.29, 1.82) is 0 Å². The lowest BCUT2D eigenvalue weighted by Gasteiger charge is -2.05. The second-order valence-corrected chi connectivity index (χ2v) is 4.75. The highest BCUT2D eigenvalue weighted by Gasteiger charge is 2.01. The molecule has 4 heteroatoms. The molecule has 2 rings (SSSR count). The molecule has 18 heavy (non-hydrogen) atoms. The smallest absolute Gasteiger partial charge is 0.0765 e. The molecule has 0 fully saturated rings. The van der Waals surface area contributed by atoms with E-state index in [0.717, 1.165) is 24.5 Å². The number of nitrogens with zero attached hydrogens (tertiary/aromatic N) is 3. The van der Waals surface area contributed by atoms with Crippen LogP contribution in [0.5, 0.6) is 0 Å². The zero-order valence-corrected chi connectivity index (χ0v) is 11.5. The topological polar surface area (TPSA) is 42.7 Å². The summed E-state index contributed by atoms with van der Waals surface area (Å²) in [6.45, 7) is 7.79. The van der Waals surface area contributed by atoms with Crippen LogP contribution in [0.25, 0.3) is 0 Å². The van der Waals surface area contributed by atoms with Crippen LogP contribution in [-0.4, -0.2) is 14.8 Å². The number of hydrogen-bond donors (Lipinski definition) is 1. The third kappa shape index (κ3) is 2.96. The molecule has 0 saturated carbocycles. The van der Waals surface area contributed by atoms with Gasteiger partial charge >= 0.3 is 0 Å². The number of rotatable bonds is 4. The van der Waals surface area contributed by atoms with Gasteiger partial charge in [-0.3, -0.25) is 9.67 Å². The van der Waals surface area contributed by atoms with Gasteiger partial charge in [0.1, 0.15) is 0 Å². The maximum absolute atomic E-state index is 4.41. The van der Waals surface area contributed by atoms with Gasteiger partial charge in [-0.2, -0.15) is 5.10 Å². The summed E-state index contributed by atoms with van der Waals surface area (Å²) in [5, 5.41) is 7.80. The minimum absolute atomic E-state index is 0.786. The van der Waals surface area contributed by atoms with Gasteiger partial charge in [-0.1, -0.05) is 6.07 Å². The molecule has 2 aromatic heterocycles. The molecule has 0 spiro atoms. The Morgan fingerprint density at radius 1 is 1.17 bits per heavy atom. The van der Waals surface area contributed by atoms with Crippen LogP contribution in [0.15, 0.2) is 18.3 Å². The van der Waals surface area contributed by atoms with Crippen LogP contribution < -0.4 is 5.32 Å². The first-order valence-corrected chi connectivity index (χ1v) is 6.18. The third-order valence-corrected chi connectivity index (χ3v) is 3.20. The average Bonchev–Trinajstić information content (AvgIpc) is 2.63. The highest BCUT2D eigenvalue weighted by Crippen LogP contribution is 2.06. The molecule has 0 unspecified atom stereocenters. The molecule has 0 aliphatic heterocycles. The Kier molecular flexibility index (Phi) is 3.77. The van der Waals surface area contributed by atoms with Gasteiger partial charge in [0.2, 0.25) is 0 Å². The highest BCUT2D eigenvalue weighted by molar-refractivity contribution is 5.22. The molecular weight excluding hydrogens is 224 g/mol. The zero-order valence-electron chi connectivity index (χ0n) is 11.5. The molecular formula is C14H20N4. The van der Waals surface area contributed by atoms with Crippen molar-refractivity contribution < 1.29 is 0 Å². The van der Waals surface area contributed by atoms with Gasteiger partial charge in [0.05, 0.1) is 5.69 Å². The van der Waals surface area contributed by atoms with Crippen LogP contribution in [0.3, 0.4) is 0 Å². The minimum atomic E-state index is 0.786. The number of nitrogens with one attached hydrogen (secondary N) is 1. The van der Waals surface area contributed by atoms with Crippen LogP contribution in [-0.2, 0) is 20.1 Å². The first-order chi connectivity index (χ1) is 8.56. The summed E-state index contributed by atoms with van der Waals surface area (Å²) in [6, 6.07) is 4.28. The first kappa shape index (κ1) is 12.8. The fourth-order valence-corrected chi connectivity index (χ4v) is 1.85. The van der Waals surface area contributed by atoms with Crippen molar-refractivity contribution in [3.63, 3.8) is 0 Å². The Morgan fingerprint density at radius 2 is 1.94 bits per heavy atom. The molecule has 0 atom stereocenters. The van der Waals surface area contributed by atoms with E-state index < -0.39 is 0 Å². The minimum Gasteiger partial charge on any atom is -0.307 e. The molecule has 2 heterocycles. The van der Waals surface area contributed by atoms with E-state index in [1.165, 1.54) is 16.8 Å². The molecule has 4 nitrogen and oxygen atoms in total.